The number of rotatable bonds is 5. The summed E-state index contributed by atoms with van der Waals surface area (Å²) in [4.78, 5) is 19.5. The molecule has 0 spiro atoms. The summed E-state index contributed by atoms with van der Waals surface area (Å²) in [5, 5.41) is 0. The Labute approximate surface area is 264 Å². The minimum atomic E-state index is -0.641. The third kappa shape index (κ3) is 5.29. The molecule has 1 aliphatic heterocycles. The molecule has 0 radical (unpaired) electrons. The SMILES string of the molecule is CC(C)(C)OC(=O)N1CCc2cc(-c3ccc4ncn(C(c5ccccc5)(c5ccccc5)c5ccccc5)c4c3)ccc2C1. The molecule has 45 heavy (non-hydrogen) atoms. The summed E-state index contributed by atoms with van der Waals surface area (Å²) in [6.07, 6.45) is 2.52. The van der Waals surface area contributed by atoms with Crippen LogP contribution in [0.5, 0.6) is 0 Å². The molecular formula is C40H37N3O2. The molecule has 224 valence electrons. The van der Waals surface area contributed by atoms with Crippen LogP contribution in [0.25, 0.3) is 22.2 Å². The number of ether oxygens (including phenoxy) is 1. The van der Waals surface area contributed by atoms with Gasteiger partial charge >= 0.3 is 6.09 Å². The van der Waals surface area contributed by atoms with Crippen LogP contribution in [-0.4, -0.2) is 32.7 Å². The van der Waals surface area contributed by atoms with E-state index in [1.165, 1.54) is 11.1 Å². The molecule has 5 nitrogen and oxygen atoms in total. The van der Waals surface area contributed by atoms with Crippen molar-refractivity contribution < 1.29 is 9.53 Å². The van der Waals surface area contributed by atoms with Crippen molar-refractivity contribution in [2.45, 2.75) is 44.9 Å². The van der Waals surface area contributed by atoms with E-state index in [1.54, 1.807) is 4.90 Å². The minimum absolute atomic E-state index is 0.255. The Balaban J connectivity index is 1.34. The summed E-state index contributed by atoms with van der Waals surface area (Å²) in [6, 6.07) is 45.3. The van der Waals surface area contributed by atoms with Gasteiger partial charge in [-0.25, -0.2) is 9.78 Å². The smallest absolute Gasteiger partial charge is 0.410 e. The molecule has 6 aromatic rings. The summed E-state index contributed by atoms with van der Waals surface area (Å²) >= 11 is 0. The lowest BCUT2D eigenvalue weighted by Crippen LogP contribution is -2.39. The lowest BCUT2D eigenvalue weighted by molar-refractivity contribution is 0.0224. The van der Waals surface area contributed by atoms with Crippen LogP contribution in [0.3, 0.4) is 0 Å². The molecule has 0 fully saturated rings. The molecule has 0 unspecified atom stereocenters. The van der Waals surface area contributed by atoms with Gasteiger partial charge in [0.05, 0.1) is 17.4 Å². The molecule has 5 aromatic carbocycles. The fourth-order valence-corrected chi connectivity index (χ4v) is 6.62. The number of fused-ring (bicyclic) bond motifs is 2. The standard InChI is InChI=1S/C40H37N3O2/c1-39(2,3)45-38(44)42-24-23-31-25-29(19-20-32(31)27-42)30-21-22-36-37(26-30)43(28-41-36)40(33-13-7-4-8-14-33,34-15-9-5-10-16-34)35-17-11-6-12-18-35/h4-22,25-26,28H,23-24,27H2,1-3H3. The number of imidazole rings is 1. The molecule has 0 N–H and O–H groups in total. The van der Waals surface area contributed by atoms with E-state index in [-0.39, 0.29) is 6.09 Å². The molecule has 0 saturated carbocycles. The monoisotopic (exact) mass is 591 g/mol. The first-order chi connectivity index (χ1) is 21.8. The largest absolute Gasteiger partial charge is 0.444 e. The van der Waals surface area contributed by atoms with Gasteiger partial charge in [0, 0.05) is 13.1 Å². The predicted octanol–water partition coefficient (Wildman–Crippen LogP) is 8.84. The van der Waals surface area contributed by atoms with Crippen LogP contribution in [-0.2, 0) is 23.2 Å². The predicted molar refractivity (Wildman–Crippen MR) is 180 cm³/mol. The maximum atomic E-state index is 12.7. The number of carbonyl (C=O) groups is 1. The van der Waals surface area contributed by atoms with Gasteiger partial charge in [0.2, 0.25) is 0 Å². The molecular weight excluding hydrogens is 554 g/mol. The minimum Gasteiger partial charge on any atom is -0.444 e. The molecule has 0 aliphatic carbocycles. The lowest BCUT2D eigenvalue weighted by Gasteiger charge is -2.38. The molecule has 1 aromatic heterocycles. The first kappa shape index (κ1) is 28.6. The molecule has 1 aliphatic rings. The van der Waals surface area contributed by atoms with Crippen LogP contribution in [0.1, 0.15) is 48.6 Å². The van der Waals surface area contributed by atoms with Crippen LogP contribution in [0.4, 0.5) is 4.79 Å². The Kier molecular flexibility index (Phi) is 7.25. The number of nitrogens with zero attached hydrogens (tertiary/aromatic N) is 3. The summed E-state index contributed by atoms with van der Waals surface area (Å²) in [6.45, 7) is 6.92. The summed E-state index contributed by atoms with van der Waals surface area (Å²) in [7, 11) is 0. The number of amides is 1. The fraction of sp³-hybridized carbons (Fsp3) is 0.200. The van der Waals surface area contributed by atoms with E-state index >= 15 is 0 Å². The summed E-state index contributed by atoms with van der Waals surface area (Å²) in [5.41, 5.74) is 9.05. The fourth-order valence-electron chi connectivity index (χ4n) is 6.62. The second-order valence-corrected chi connectivity index (χ2v) is 12.8. The van der Waals surface area contributed by atoms with Crippen molar-refractivity contribution in [3.05, 3.63) is 162 Å². The van der Waals surface area contributed by atoms with Gasteiger partial charge in [0.1, 0.15) is 11.1 Å². The highest BCUT2D eigenvalue weighted by Gasteiger charge is 2.39. The second kappa shape index (κ2) is 11.4. The van der Waals surface area contributed by atoms with Crippen molar-refractivity contribution in [3.63, 3.8) is 0 Å². The zero-order valence-electron chi connectivity index (χ0n) is 26.0. The Morgan fingerprint density at radius 3 is 1.82 bits per heavy atom. The molecule has 1 amide bonds. The van der Waals surface area contributed by atoms with Gasteiger partial charge in [-0.05, 0) is 78.3 Å². The van der Waals surface area contributed by atoms with Gasteiger partial charge in [-0.15, -0.1) is 0 Å². The van der Waals surface area contributed by atoms with Crippen molar-refractivity contribution >= 4 is 17.1 Å². The van der Waals surface area contributed by atoms with Gasteiger partial charge in [-0.3, -0.25) is 0 Å². The third-order valence-corrected chi connectivity index (χ3v) is 8.69. The van der Waals surface area contributed by atoms with Crippen LogP contribution in [0, 0.1) is 0 Å². The highest BCUT2D eigenvalue weighted by molar-refractivity contribution is 5.83. The zero-order valence-corrected chi connectivity index (χ0v) is 26.0. The van der Waals surface area contributed by atoms with Crippen molar-refractivity contribution in [1.82, 2.24) is 14.5 Å². The average molecular weight is 592 g/mol. The topological polar surface area (TPSA) is 47.4 Å². The van der Waals surface area contributed by atoms with E-state index in [4.69, 9.17) is 9.72 Å². The van der Waals surface area contributed by atoms with Crippen LogP contribution < -0.4 is 0 Å². The highest BCUT2D eigenvalue weighted by Crippen LogP contribution is 2.43. The van der Waals surface area contributed by atoms with Gasteiger partial charge in [-0.1, -0.05) is 115 Å². The quantitative estimate of drug-likeness (QED) is 0.188. The van der Waals surface area contributed by atoms with E-state index in [2.05, 4.69) is 132 Å². The van der Waals surface area contributed by atoms with Gasteiger partial charge in [0.25, 0.3) is 0 Å². The second-order valence-electron chi connectivity index (χ2n) is 12.8. The van der Waals surface area contributed by atoms with E-state index in [0.29, 0.717) is 13.1 Å². The maximum absolute atomic E-state index is 12.7. The first-order valence-electron chi connectivity index (χ1n) is 15.6. The van der Waals surface area contributed by atoms with Crippen LogP contribution in [0.15, 0.2) is 134 Å². The Morgan fingerprint density at radius 1 is 0.689 bits per heavy atom. The highest BCUT2D eigenvalue weighted by atomic mass is 16.6. The van der Waals surface area contributed by atoms with E-state index < -0.39 is 11.1 Å². The van der Waals surface area contributed by atoms with Crippen molar-refractivity contribution in [3.8, 4) is 11.1 Å². The number of hydrogen-bond donors (Lipinski definition) is 0. The number of carbonyl (C=O) groups excluding carboxylic acids is 1. The number of aromatic nitrogens is 2. The number of hydrogen-bond acceptors (Lipinski definition) is 3. The summed E-state index contributed by atoms with van der Waals surface area (Å²) < 4.78 is 7.97. The lowest BCUT2D eigenvalue weighted by atomic mass is 9.76. The first-order valence-corrected chi connectivity index (χ1v) is 15.6. The molecule has 2 heterocycles. The van der Waals surface area contributed by atoms with E-state index in [0.717, 1.165) is 45.3 Å². The van der Waals surface area contributed by atoms with E-state index in [1.807, 2.05) is 27.1 Å². The Morgan fingerprint density at radius 2 is 1.24 bits per heavy atom. The Bertz CT molecular complexity index is 1860. The van der Waals surface area contributed by atoms with Crippen LogP contribution >= 0.6 is 0 Å². The molecule has 5 heteroatoms. The Hall–Kier alpha value is -5.16. The summed E-state index contributed by atoms with van der Waals surface area (Å²) in [5.74, 6) is 0. The molecule has 0 atom stereocenters. The van der Waals surface area contributed by atoms with Gasteiger partial charge < -0.3 is 14.2 Å². The van der Waals surface area contributed by atoms with Crippen molar-refractivity contribution in [1.29, 1.82) is 0 Å². The third-order valence-electron chi connectivity index (χ3n) is 8.69. The average Bonchev–Trinajstić information content (AvgIpc) is 3.49. The van der Waals surface area contributed by atoms with Crippen molar-refractivity contribution in [2.75, 3.05) is 6.54 Å². The van der Waals surface area contributed by atoms with Gasteiger partial charge in [0.15, 0.2) is 0 Å². The number of benzene rings is 5. The van der Waals surface area contributed by atoms with E-state index in [9.17, 15) is 4.79 Å². The molecule has 7 rings (SSSR count). The van der Waals surface area contributed by atoms with Gasteiger partial charge in [-0.2, -0.15) is 0 Å². The zero-order chi connectivity index (χ0) is 31.0. The normalized spacial score (nSPS) is 13.4. The van der Waals surface area contributed by atoms with Crippen LogP contribution in [0.2, 0.25) is 0 Å². The van der Waals surface area contributed by atoms with Crippen molar-refractivity contribution in [2.24, 2.45) is 0 Å². The molecule has 0 bridgehead atoms. The molecule has 0 saturated heterocycles. The maximum Gasteiger partial charge on any atom is 0.410 e.